The van der Waals surface area contributed by atoms with Gasteiger partial charge in [-0.1, -0.05) is 0 Å². The second kappa shape index (κ2) is 6.33. The van der Waals surface area contributed by atoms with Gasteiger partial charge in [-0.3, -0.25) is 14.3 Å². The summed E-state index contributed by atoms with van der Waals surface area (Å²) < 4.78 is 1.40. The van der Waals surface area contributed by atoms with Crippen LogP contribution in [0.1, 0.15) is 19.3 Å². The third-order valence-corrected chi connectivity index (χ3v) is 3.11. The Hall–Kier alpha value is -1.89. The van der Waals surface area contributed by atoms with Crippen LogP contribution in [0.3, 0.4) is 0 Å². The van der Waals surface area contributed by atoms with Crippen molar-refractivity contribution in [1.82, 2.24) is 15.1 Å². The Morgan fingerprint density at radius 1 is 1.58 bits per heavy atom. The molecule has 1 aromatic rings. The van der Waals surface area contributed by atoms with Crippen LogP contribution in [-0.2, 0) is 16.1 Å². The number of rotatable bonds is 5. The molecule has 0 aliphatic carbocycles. The number of anilines is 1. The zero-order valence-electron chi connectivity index (χ0n) is 10.8. The van der Waals surface area contributed by atoms with E-state index < -0.39 is 5.91 Å². The lowest BCUT2D eigenvalue weighted by molar-refractivity contribution is -0.119. The van der Waals surface area contributed by atoms with Gasteiger partial charge in [0.1, 0.15) is 6.54 Å². The van der Waals surface area contributed by atoms with Crippen molar-refractivity contribution in [3.8, 4) is 0 Å². The standard InChI is InChI=1S/C12H19N5O2/c13-11(18)8-17-7-10(6-15-17)16-12(19)4-9-2-1-3-14-5-9/h6-7,9,14H,1-5,8H2,(H2,13,18)(H,16,19). The molecule has 0 aromatic carbocycles. The lowest BCUT2D eigenvalue weighted by atomic mass is 9.96. The Kier molecular flexibility index (Phi) is 4.51. The third-order valence-electron chi connectivity index (χ3n) is 3.11. The molecule has 0 spiro atoms. The number of piperidine rings is 1. The molecule has 1 saturated heterocycles. The van der Waals surface area contributed by atoms with Crippen molar-refractivity contribution in [2.24, 2.45) is 11.7 Å². The number of hydrogen-bond donors (Lipinski definition) is 3. The molecule has 104 valence electrons. The zero-order valence-corrected chi connectivity index (χ0v) is 10.8. The fraction of sp³-hybridized carbons (Fsp3) is 0.583. The van der Waals surface area contributed by atoms with Gasteiger partial charge in [0.2, 0.25) is 11.8 Å². The minimum absolute atomic E-state index is 0.0163. The van der Waals surface area contributed by atoms with E-state index in [9.17, 15) is 9.59 Å². The minimum atomic E-state index is -0.464. The molecular weight excluding hydrogens is 246 g/mol. The van der Waals surface area contributed by atoms with E-state index in [0.29, 0.717) is 18.0 Å². The number of hydrogen-bond acceptors (Lipinski definition) is 4. The van der Waals surface area contributed by atoms with Gasteiger partial charge in [0, 0.05) is 12.6 Å². The lowest BCUT2D eigenvalue weighted by Crippen LogP contribution is -2.32. The molecule has 1 aromatic heterocycles. The number of carbonyl (C=O) groups is 2. The van der Waals surface area contributed by atoms with Gasteiger partial charge in [0.25, 0.3) is 0 Å². The highest BCUT2D eigenvalue weighted by Gasteiger charge is 2.17. The molecule has 1 unspecified atom stereocenters. The molecule has 7 heteroatoms. The molecule has 0 bridgehead atoms. The summed E-state index contributed by atoms with van der Waals surface area (Å²) in [5, 5.41) is 10.0. The van der Waals surface area contributed by atoms with Crippen LogP contribution in [-0.4, -0.2) is 34.7 Å². The first-order valence-corrected chi connectivity index (χ1v) is 6.45. The van der Waals surface area contributed by atoms with Gasteiger partial charge in [0.05, 0.1) is 11.9 Å². The highest BCUT2D eigenvalue weighted by Crippen LogP contribution is 2.15. The average molecular weight is 265 g/mol. The second-order valence-electron chi connectivity index (χ2n) is 4.86. The minimum Gasteiger partial charge on any atom is -0.368 e. The van der Waals surface area contributed by atoms with Crippen LogP contribution in [0.5, 0.6) is 0 Å². The summed E-state index contributed by atoms with van der Waals surface area (Å²) >= 11 is 0. The number of primary amides is 1. The lowest BCUT2D eigenvalue weighted by Gasteiger charge is -2.21. The Bertz CT molecular complexity index is 451. The molecule has 1 aliphatic heterocycles. The largest absolute Gasteiger partial charge is 0.368 e. The molecule has 7 nitrogen and oxygen atoms in total. The first kappa shape index (κ1) is 13.5. The number of nitrogens with one attached hydrogen (secondary N) is 2. The molecule has 1 fully saturated rings. The summed E-state index contributed by atoms with van der Waals surface area (Å²) in [4.78, 5) is 22.6. The van der Waals surface area contributed by atoms with Crippen molar-refractivity contribution in [2.75, 3.05) is 18.4 Å². The molecule has 2 amide bonds. The predicted octanol–water partition coefficient (Wildman–Crippen LogP) is -0.303. The summed E-state index contributed by atoms with van der Waals surface area (Å²) in [5.41, 5.74) is 5.66. The van der Waals surface area contributed by atoms with E-state index in [4.69, 9.17) is 5.73 Å². The van der Waals surface area contributed by atoms with Gasteiger partial charge in [-0.25, -0.2) is 0 Å². The fourth-order valence-electron chi connectivity index (χ4n) is 2.25. The van der Waals surface area contributed by atoms with E-state index in [-0.39, 0.29) is 12.5 Å². The molecule has 1 aliphatic rings. The number of nitrogens with zero attached hydrogens (tertiary/aromatic N) is 2. The zero-order chi connectivity index (χ0) is 13.7. The molecular formula is C12H19N5O2. The third kappa shape index (κ3) is 4.36. The van der Waals surface area contributed by atoms with E-state index in [1.165, 1.54) is 10.9 Å². The van der Waals surface area contributed by atoms with Crippen LogP contribution in [0.2, 0.25) is 0 Å². The van der Waals surface area contributed by atoms with E-state index >= 15 is 0 Å². The maximum absolute atomic E-state index is 11.8. The van der Waals surface area contributed by atoms with Gasteiger partial charge >= 0.3 is 0 Å². The molecule has 2 heterocycles. The van der Waals surface area contributed by atoms with Gasteiger partial charge in [-0.2, -0.15) is 5.10 Å². The molecule has 19 heavy (non-hydrogen) atoms. The Balaban J connectivity index is 1.81. The fourth-order valence-corrected chi connectivity index (χ4v) is 2.25. The smallest absolute Gasteiger partial charge is 0.239 e. The van der Waals surface area contributed by atoms with Crippen LogP contribution >= 0.6 is 0 Å². The van der Waals surface area contributed by atoms with Gasteiger partial charge < -0.3 is 16.4 Å². The maximum Gasteiger partial charge on any atom is 0.239 e. The first-order chi connectivity index (χ1) is 9.13. The molecule has 4 N–H and O–H groups in total. The molecule has 1 atom stereocenters. The van der Waals surface area contributed by atoms with Crippen molar-refractivity contribution < 1.29 is 9.59 Å². The summed E-state index contributed by atoms with van der Waals surface area (Å²) in [6.45, 7) is 1.95. The van der Waals surface area contributed by atoms with E-state index in [1.54, 1.807) is 6.20 Å². The summed E-state index contributed by atoms with van der Waals surface area (Å²) in [6.07, 6.45) is 5.82. The molecule has 0 radical (unpaired) electrons. The van der Waals surface area contributed by atoms with Crippen LogP contribution in [0.4, 0.5) is 5.69 Å². The van der Waals surface area contributed by atoms with Gasteiger partial charge in [-0.15, -0.1) is 0 Å². The summed E-state index contributed by atoms with van der Waals surface area (Å²) in [6, 6.07) is 0. The van der Waals surface area contributed by atoms with Crippen molar-refractivity contribution in [2.45, 2.75) is 25.8 Å². The number of aromatic nitrogens is 2. The van der Waals surface area contributed by atoms with Crippen molar-refractivity contribution >= 4 is 17.5 Å². The van der Waals surface area contributed by atoms with E-state index in [0.717, 1.165) is 25.9 Å². The van der Waals surface area contributed by atoms with Crippen LogP contribution in [0, 0.1) is 5.92 Å². The van der Waals surface area contributed by atoms with Crippen molar-refractivity contribution in [3.63, 3.8) is 0 Å². The van der Waals surface area contributed by atoms with Crippen molar-refractivity contribution in [3.05, 3.63) is 12.4 Å². The van der Waals surface area contributed by atoms with E-state index in [1.807, 2.05) is 0 Å². The van der Waals surface area contributed by atoms with Crippen molar-refractivity contribution in [1.29, 1.82) is 0 Å². The van der Waals surface area contributed by atoms with Gasteiger partial charge in [-0.05, 0) is 31.8 Å². The summed E-state index contributed by atoms with van der Waals surface area (Å²) in [5.74, 6) is -0.0870. The SMILES string of the molecule is NC(=O)Cn1cc(NC(=O)CC2CCCNC2)cn1. The normalized spacial score (nSPS) is 19.1. The average Bonchev–Trinajstić information content (AvgIpc) is 2.76. The van der Waals surface area contributed by atoms with Crippen LogP contribution in [0.25, 0.3) is 0 Å². The molecule has 0 saturated carbocycles. The number of amides is 2. The highest BCUT2D eigenvalue weighted by molar-refractivity contribution is 5.90. The Morgan fingerprint density at radius 3 is 3.11 bits per heavy atom. The Morgan fingerprint density at radius 2 is 2.42 bits per heavy atom. The molecule has 2 rings (SSSR count). The summed E-state index contributed by atoms with van der Waals surface area (Å²) in [7, 11) is 0. The van der Waals surface area contributed by atoms with Crippen LogP contribution in [0.15, 0.2) is 12.4 Å². The second-order valence-corrected chi connectivity index (χ2v) is 4.86. The number of carbonyl (C=O) groups excluding carboxylic acids is 2. The van der Waals surface area contributed by atoms with Gasteiger partial charge in [0.15, 0.2) is 0 Å². The van der Waals surface area contributed by atoms with Crippen LogP contribution < -0.4 is 16.4 Å². The highest BCUT2D eigenvalue weighted by atomic mass is 16.2. The predicted molar refractivity (Wildman–Crippen MR) is 70.3 cm³/mol. The Labute approximate surface area is 111 Å². The monoisotopic (exact) mass is 265 g/mol. The van der Waals surface area contributed by atoms with E-state index in [2.05, 4.69) is 15.7 Å². The first-order valence-electron chi connectivity index (χ1n) is 6.45. The number of nitrogens with two attached hydrogens (primary N) is 1. The quantitative estimate of drug-likeness (QED) is 0.680. The maximum atomic E-state index is 11.8. The topological polar surface area (TPSA) is 102 Å².